The van der Waals surface area contributed by atoms with E-state index in [1.165, 1.54) is 0 Å². The zero-order valence-electron chi connectivity index (χ0n) is 23.6. The van der Waals surface area contributed by atoms with Gasteiger partial charge in [0.2, 0.25) is 5.91 Å². The Morgan fingerprint density at radius 2 is 1.82 bits per heavy atom. The Labute approximate surface area is 234 Å². The predicted molar refractivity (Wildman–Crippen MR) is 153 cm³/mol. The number of benzene rings is 2. The number of fused-ring (bicyclic) bond motifs is 1. The average Bonchev–Trinajstić information content (AvgIpc) is 3.66. The van der Waals surface area contributed by atoms with Gasteiger partial charge in [0.1, 0.15) is 22.8 Å². The topological polar surface area (TPSA) is 87.9 Å². The second-order valence-corrected chi connectivity index (χ2v) is 9.94. The summed E-state index contributed by atoms with van der Waals surface area (Å²) in [5.74, 6) is 2.05. The van der Waals surface area contributed by atoms with Crippen LogP contribution in [0.4, 0.5) is 0 Å². The van der Waals surface area contributed by atoms with Crippen molar-refractivity contribution in [3.05, 3.63) is 66.0 Å². The first-order chi connectivity index (χ1) is 19.5. The number of methoxy groups -OCH3 is 3. The summed E-state index contributed by atoms with van der Waals surface area (Å²) in [4.78, 5) is 20.7. The summed E-state index contributed by atoms with van der Waals surface area (Å²) in [6, 6.07) is 15.5. The highest BCUT2D eigenvalue weighted by atomic mass is 16.5. The average molecular weight is 545 g/mol. The molecular weight excluding hydrogens is 508 g/mol. The van der Waals surface area contributed by atoms with E-state index in [4.69, 9.17) is 23.9 Å². The second-order valence-electron chi connectivity index (χ2n) is 9.94. The number of pyridine rings is 1. The van der Waals surface area contributed by atoms with Gasteiger partial charge in [-0.2, -0.15) is 5.10 Å². The molecule has 0 radical (unpaired) electrons. The molecule has 1 saturated heterocycles. The van der Waals surface area contributed by atoms with E-state index in [0.29, 0.717) is 48.8 Å². The van der Waals surface area contributed by atoms with Crippen molar-refractivity contribution >= 4 is 16.8 Å². The maximum Gasteiger partial charge on any atom is 0.224 e. The Morgan fingerprint density at radius 1 is 1.05 bits per heavy atom. The van der Waals surface area contributed by atoms with Crippen LogP contribution in [0.1, 0.15) is 30.5 Å². The second kappa shape index (κ2) is 12.4. The fraction of sp³-hybridized carbons (Fsp3) is 0.387. The number of carbonyl (C=O) groups excluding carboxylic acids is 1. The minimum atomic E-state index is 0.00801. The van der Waals surface area contributed by atoms with Crippen molar-refractivity contribution < 1.29 is 23.7 Å². The summed E-state index contributed by atoms with van der Waals surface area (Å²) in [6.45, 7) is 4.04. The van der Waals surface area contributed by atoms with E-state index in [1.54, 1.807) is 21.3 Å². The van der Waals surface area contributed by atoms with E-state index in [2.05, 4.69) is 11.2 Å². The van der Waals surface area contributed by atoms with E-state index in [-0.39, 0.29) is 12.0 Å². The van der Waals surface area contributed by atoms with Crippen LogP contribution in [0.5, 0.6) is 17.2 Å². The van der Waals surface area contributed by atoms with Crippen LogP contribution < -0.4 is 14.2 Å². The number of aryl methyl sites for hydroxylation is 2. The van der Waals surface area contributed by atoms with Crippen LogP contribution in [0.3, 0.4) is 0 Å². The quantitative estimate of drug-likeness (QED) is 0.262. The highest BCUT2D eigenvalue weighted by molar-refractivity contribution is 5.93. The summed E-state index contributed by atoms with van der Waals surface area (Å²) < 4.78 is 24.8. The Morgan fingerprint density at radius 3 is 2.52 bits per heavy atom. The molecule has 210 valence electrons. The fourth-order valence-electron chi connectivity index (χ4n) is 5.24. The first-order valence-corrected chi connectivity index (χ1v) is 13.6. The van der Waals surface area contributed by atoms with E-state index in [1.807, 2.05) is 65.2 Å². The zero-order chi connectivity index (χ0) is 28.1. The maximum absolute atomic E-state index is 13.7. The number of para-hydroxylation sites is 1. The molecule has 9 heteroatoms. The standard InChI is InChI=1S/C31H36N4O5/c1-21-13-15-35(33-21)16-14-29(36)34(20-23-8-7-17-40-23)19-22-18-25-27(38-3)11-12-28(39-4)31(25)32-30(22)24-9-5-6-10-26(24)37-2/h5-6,9-13,15,18,23H,7-8,14,16-17,19-20H2,1-4H3/t23-/m0/s1. The molecule has 1 aliphatic heterocycles. The van der Waals surface area contributed by atoms with E-state index < -0.39 is 0 Å². The van der Waals surface area contributed by atoms with E-state index in [9.17, 15) is 4.79 Å². The number of amides is 1. The summed E-state index contributed by atoms with van der Waals surface area (Å²) in [6.07, 6.45) is 4.17. The molecule has 2 aromatic heterocycles. The number of aromatic nitrogens is 3. The summed E-state index contributed by atoms with van der Waals surface area (Å²) in [7, 11) is 4.91. The predicted octanol–water partition coefficient (Wildman–Crippen LogP) is 5.03. The molecule has 5 rings (SSSR count). The highest BCUT2D eigenvalue weighted by Crippen LogP contribution is 2.38. The van der Waals surface area contributed by atoms with Gasteiger partial charge in [0.15, 0.2) is 0 Å². The lowest BCUT2D eigenvalue weighted by molar-refractivity contribution is -0.133. The Kier molecular flexibility index (Phi) is 8.50. The van der Waals surface area contributed by atoms with E-state index >= 15 is 0 Å². The molecule has 40 heavy (non-hydrogen) atoms. The number of rotatable bonds is 11. The molecule has 1 atom stereocenters. The van der Waals surface area contributed by atoms with Crippen molar-refractivity contribution in [1.29, 1.82) is 0 Å². The third-order valence-corrected chi connectivity index (χ3v) is 7.28. The Balaban J connectivity index is 1.58. The number of carbonyl (C=O) groups is 1. The van der Waals surface area contributed by atoms with Crippen molar-refractivity contribution in [2.75, 3.05) is 34.5 Å². The normalized spacial score (nSPS) is 14.8. The zero-order valence-corrected chi connectivity index (χ0v) is 23.6. The van der Waals surface area contributed by atoms with Gasteiger partial charge in [0.05, 0.1) is 38.8 Å². The molecule has 1 amide bonds. The first-order valence-electron chi connectivity index (χ1n) is 13.6. The van der Waals surface area contributed by atoms with Crippen LogP contribution in [0.25, 0.3) is 22.2 Å². The summed E-state index contributed by atoms with van der Waals surface area (Å²) in [5, 5.41) is 5.26. The van der Waals surface area contributed by atoms with Gasteiger partial charge in [0.25, 0.3) is 0 Å². The number of hydrogen-bond donors (Lipinski definition) is 0. The fourth-order valence-corrected chi connectivity index (χ4v) is 5.24. The molecule has 2 aromatic carbocycles. The Bertz CT molecular complexity index is 1480. The van der Waals surface area contributed by atoms with Crippen molar-refractivity contribution in [3.63, 3.8) is 0 Å². The third kappa shape index (κ3) is 5.89. The lowest BCUT2D eigenvalue weighted by atomic mass is 10.0. The minimum absolute atomic E-state index is 0.00801. The molecule has 9 nitrogen and oxygen atoms in total. The molecule has 1 aliphatic rings. The van der Waals surface area contributed by atoms with Crippen molar-refractivity contribution in [2.24, 2.45) is 0 Å². The molecule has 0 aliphatic carbocycles. The van der Waals surface area contributed by atoms with Crippen LogP contribution in [0.2, 0.25) is 0 Å². The molecule has 1 fully saturated rings. The lowest BCUT2D eigenvalue weighted by Crippen LogP contribution is -2.37. The number of ether oxygens (including phenoxy) is 4. The van der Waals surface area contributed by atoms with E-state index in [0.717, 1.165) is 47.3 Å². The third-order valence-electron chi connectivity index (χ3n) is 7.28. The summed E-state index contributed by atoms with van der Waals surface area (Å²) >= 11 is 0. The van der Waals surface area contributed by atoms with Crippen LogP contribution in [0.15, 0.2) is 54.7 Å². The van der Waals surface area contributed by atoms with Crippen molar-refractivity contribution in [2.45, 2.75) is 45.4 Å². The van der Waals surface area contributed by atoms with Gasteiger partial charge in [0, 0.05) is 49.8 Å². The molecule has 4 aromatic rings. The SMILES string of the molecule is COc1ccccc1-c1nc2c(OC)ccc(OC)c2cc1CN(C[C@@H]1CCCO1)C(=O)CCn1ccc(C)n1. The van der Waals surface area contributed by atoms with Crippen molar-refractivity contribution in [3.8, 4) is 28.5 Å². The molecular formula is C31H36N4O5. The molecule has 0 bridgehead atoms. The van der Waals surface area contributed by atoms with Crippen LogP contribution in [0, 0.1) is 6.92 Å². The smallest absolute Gasteiger partial charge is 0.224 e. The van der Waals surface area contributed by atoms with Crippen LogP contribution in [-0.2, 0) is 22.6 Å². The van der Waals surface area contributed by atoms with Crippen molar-refractivity contribution in [1.82, 2.24) is 19.7 Å². The van der Waals surface area contributed by atoms with Gasteiger partial charge < -0.3 is 23.8 Å². The molecule has 0 N–H and O–H groups in total. The maximum atomic E-state index is 13.7. The van der Waals surface area contributed by atoms with Gasteiger partial charge in [-0.05, 0) is 61.7 Å². The Hall–Kier alpha value is -4.11. The molecule has 0 unspecified atom stereocenters. The van der Waals surface area contributed by atoms with Crippen LogP contribution >= 0.6 is 0 Å². The molecule has 0 saturated carbocycles. The molecule has 0 spiro atoms. The van der Waals surface area contributed by atoms with Gasteiger partial charge in [-0.3, -0.25) is 9.48 Å². The first kappa shape index (κ1) is 27.5. The van der Waals surface area contributed by atoms with Gasteiger partial charge in [-0.1, -0.05) is 12.1 Å². The monoisotopic (exact) mass is 544 g/mol. The largest absolute Gasteiger partial charge is 0.496 e. The van der Waals surface area contributed by atoms with Crippen LogP contribution in [-0.4, -0.2) is 66.2 Å². The number of nitrogens with zero attached hydrogens (tertiary/aromatic N) is 4. The number of hydrogen-bond acceptors (Lipinski definition) is 7. The van der Waals surface area contributed by atoms with Gasteiger partial charge >= 0.3 is 0 Å². The lowest BCUT2D eigenvalue weighted by Gasteiger charge is -2.27. The molecule has 3 heterocycles. The van der Waals surface area contributed by atoms with Gasteiger partial charge in [-0.15, -0.1) is 0 Å². The summed E-state index contributed by atoms with van der Waals surface area (Å²) in [5.41, 5.74) is 4.05. The van der Waals surface area contributed by atoms with Gasteiger partial charge in [-0.25, -0.2) is 4.98 Å². The minimum Gasteiger partial charge on any atom is -0.496 e. The highest BCUT2D eigenvalue weighted by Gasteiger charge is 2.25.